The van der Waals surface area contributed by atoms with Crippen molar-refractivity contribution in [2.45, 2.75) is 39.3 Å². The summed E-state index contributed by atoms with van der Waals surface area (Å²) in [5.41, 5.74) is 0.0195. The van der Waals surface area contributed by atoms with Gasteiger partial charge in [0.05, 0.1) is 5.69 Å². The Kier molecular flexibility index (Phi) is 4.11. The van der Waals surface area contributed by atoms with Gasteiger partial charge in [0.1, 0.15) is 11.6 Å². The van der Waals surface area contributed by atoms with Crippen molar-refractivity contribution in [3.63, 3.8) is 0 Å². The van der Waals surface area contributed by atoms with E-state index in [4.69, 9.17) is 4.74 Å². The van der Waals surface area contributed by atoms with E-state index >= 15 is 0 Å². The minimum absolute atomic E-state index is 0.176. The van der Waals surface area contributed by atoms with E-state index in [-0.39, 0.29) is 5.78 Å². The molecular weight excluding hydrogens is 234 g/mol. The molecule has 1 unspecified atom stereocenters. The van der Waals surface area contributed by atoms with E-state index in [1.807, 2.05) is 0 Å². The van der Waals surface area contributed by atoms with Gasteiger partial charge >= 0.3 is 6.09 Å². The van der Waals surface area contributed by atoms with E-state index in [9.17, 15) is 9.59 Å². The highest BCUT2D eigenvalue weighted by Crippen LogP contribution is 2.14. The van der Waals surface area contributed by atoms with E-state index in [0.717, 1.165) is 0 Å². The van der Waals surface area contributed by atoms with Crippen molar-refractivity contribution >= 4 is 11.9 Å². The number of Topliss-reactive ketones (excluding diaryl/α,β-unsaturated/α-hetero) is 1. The average Bonchev–Trinajstić information content (AvgIpc) is 2.57. The summed E-state index contributed by atoms with van der Waals surface area (Å²) >= 11 is 0. The number of alkyl carbamates (subject to hydrolysis) is 1. The first-order valence-electron chi connectivity index (χ1n) is 5.68. The molecule has 0 aliphatic heterocycles. The molecule has 0 spiro atoms. The lowest BCUT2D eigenvalue weighted by atomic mass is 10.1. The van der Waals surface area contributed by atoms with Crippen molar-refractivity contribution in [1.29, 1.82) is 0 Å². The lowest BCUT2D eigenvalue weighted by Gasteiger charge is -2.22. The van der Waals surface area contributed by atoms with Gasteiger partial charge in [-0.2, -0.15) is 5.10 Å². The van der Waals surface area contributed by atoms with Crippen LogP contribution in [0.15, 0.2) is 12.3 Å². The maximum Gasteiger partial charge on any atom is 0.408 e. The van der Waals surface area contributed by atoms with Crippen LogP contribution in [0.3, 0.4) is 0 Å². The molecule has 0 saturated carbocycles. The summed E-state index contributed by atoms with van der Waals surface area (Å²) in [7, 11) is 1.71. The number of hydrogen-bond donors (Lipinski definition) is 1. The van der Waals surface area contributed by atoms with Crippen LogP contribution < -0.4 is 5.32 Å². The average molecular weight is 253 g/mol. The zero-order valence-electron chi connectivity index (χ0n) is 11.4. The first-order chi connectivity index (χ1) is 8.20. The lowest BCUT2D eigenvalue weighted by molar-refractivity contribution is -0.119. The summed E-state index contributed by atoms with van der Waals surface area (Å²) < 4.78 is 6.67. The van der Waals surface area contributed by atoms with Crippen LogP contribution in [0.2, 0.25) is 0 Å². The van der Waals surface area contributed by atoms with E-state index in [1.54, 1.807) is 44.8 Å². The third-order valence-corrected chi connectivity index (χ3v) is 2.22. The molecule has 1 heterocycles. The van der Waals surface area contributed by atoms with Crippen molar-refractivity contribution in [2.75, 3.05) is 0 Å². The van der Waals surface area contributed by atoms with Gasteiger partial charge in [-0.05, 0) is 33.8 Å². The van der Waals surface area contributed by atoms with Crippen LogP contribution in [0.1, 0.15) is 39.4 Å². The number of aryl methyl sites for hydroxylation is 1. The normalized spacial score (nSPS) is 12.9. The van der Waals surface area contributed by atoms with Gasteiger partial charge in [0.2, 0.25) is 0 Å². The molecule has 1 aromatic rings. The van der Waals surface area contributed by atoms with Crippen LogP contribution >= 0.6 is 0 Å². The third-order valence-electron chi connectivity index (χ3n) is 2.22. The first-order valence-corrected chi connectivity index (χ1v) is 5.68. The number of hydrogen-bond acceptors (Lipinski definition) is 4. The van der Waals surface area contributed by atoms with E-state index in [1.165, 1.54) is 6.92 Å². The summed E-state index contributed by atoms with van der Waals surface area (Å²) in [6, 6.07) is 0.941. The van der Waals surface area contributed by atoms with Crippen molar-refractivity contribution in [2.24, 2.45) is 7.05 Å². The lowest BCUT2D eigenvalue weighted by Crippen LogP contribution is -2.38. The highest BCUT2D eigenvalue weighted by atomic mass is 16.6. The van der Waals surface area contributed by atoms with Gasteiger partial charge in [-0.25, -0.2) is 4.79 Å². The summed E-state index contributed by atoms with van der Waals surface area (Å²) in [6.07, 6.45) is 0.950. The predicted octanol–water partition coefficient (Wildman–Crippen LogP) is 1.57. The largest absolute Gasteiger partial charge is 0.444 e. The number of amides is 1. The highest BCUT2D eigenvalue weighted by Gasteiger charge is 2.25. The van der Waals surface area contributed by atoms with Crippen molar-refractivity contribution in [1.82, 2.24) is 15.1 Å². The number of carbonyl (C=O) groups excluding carboxylic acids is 2. The molecule has 6 nitrogen and oxygen atoms in total. The SMILES string of the molecule is CC(=O)C(NC(=O)OC(C)(C)C)c1ccnn1C. The first kappa shape index (κ1) is 14.2. The Morgan fingerprint density at radius 2 is 2.06 bits per heavy atom. The topological polar surface area (TPSA) is 73.2 Å². The van der Waals surface area contributed by atoms with Gasteiger partial charge in [0.25, 0.3) is 0 Å². The second-order valence-corrected chi connectivity index (χ2v) is 5.07. The minimum Gasteiger partial charge on any atom is -0.444 e. The monoisotopic (exact) mass is 253 g/mol. The molecule has 1 amide bonds. The van der Waals surface area contributed by atoms with Crippen molar-refractivity contribution < 1.29 is 14.3 Å². The zero-order valence-corrected chi connectivity index (χ0v) is 11.4. The molecule has 0 radical (unpaired) electrons. The molecule has 0 saturated heterocycles. The molecule has 100 valence electrons. The van der Waals surface area contributed by atoms with Gasteiger partial charge in [-0.3, -0.25) is 9.48 Å². The molecule has 1 N–H and O–H groups in total. The van der Waals surface area contributed by atoms with Crippen molar-refractivity contribution in [3.05, 3.63) is 18.0 Å². The minimum atomic E-state index is -0.743. The van der Waals surface area contributed by atoms with Gasteiger partial charge in [-0.1, -0.05) is 0 Å². The van der Waals surface area contributed by atoms with Crippen LogP contribution in [0.4, 0.5) is 4.79 Å². The predicted molar refractivity (Wildman–Crippen MR) is 66.0 cm³/mol. The molecular formula is C12H19N3O3. The molecule has 1 atom stereocenters. The molecule has 0 aliphatic rings. The number of nitrogens with zero attached hydrogens (tertiary/aromatic N) is 2. The van der Waals surface area contributed by atoms with Crippen LogP contribution in [0.25, 0.3) is 0 Å². The molecule has 0 fully saturated rings. The van der Waals surface area contributed by atoms with Crippen LogP contribution in [-0.4, -0.2) is 27.3 Å². The Morgan fingerprint density at radius 1 is 1.44 bits per heavy atom. The van der Waals surface area contributed by atoms with Crippen LogP contribution in [-0.2, 0) is 16.6 Å². The van der Waals surface area contributed by atoms with Gasteiger partial charge in [0.15, 0.2) is 5.78 Å². The summed E-state index contributed by atoms with van der Waals surface area (Å²) in [4.78, 5) is 23.2. The summed E-state index contributed by atoms with van der Waals surface area (Å²) in [6.45, 7) is 6.70. The maximum atomic E-state index is 11.7. The fraction of sp³-hybridized carbons (Fsp3) is 0.583. The second-order valence-electron chi connectivity index (χ2n) is 5.07. The molecule has 0 aromatic carbocycles. The van der Waals surface area contributed by atoms with Crippen molar-refractivity contribution in [3.8, 4) is 0 Å². The fourth-order valence-electron chi connectivity index (χ4n) is 1.48. The van der Waals surface area contributed by atoms with Gasteiger partial charge < -0.3 is 10.1 Å². The summed E-state index contributed by atoms with van der Waals surface area (Å²) in [5.74, 6) is -0.176. The highest BCUT2D eigenvalue weighted by molar-refractivity contribution is 5.86. The van der Waals surface area contributed by atoms with E-state index in [0.29, 0.717) is 5.69 Å². The number of nitrogens with one attached hydrogen (secondary N) is 1. The van der Waals surface area contributed by atoms with E-state index < -0.39 is 17.7 Å². The number of carbonyl (C=O) groups is 2. The Labute approximate surface area is 106 Å². The Morgan fingerprint density at radius 3 is 2.44 bits per heavy atom. The molecule has 0 bridgehead atoms. The second kappa shape index (κ2) is 5.20. The quantitative estimate of drug-likeness (QED) is 0.887. The number of aromatic nitrogens is 2. The zero-order chi connectivity index (χ0) is 13.9. The molecule has 18 heavy (non-hydrogen) atoms. The summed E-state index contributed by atoms with van der Waals surface area (Å²) in [5, 5.41) is 6.52. The molecule has 0 aliphatic carbocycles. The van der Waals surface area contributed by atoms with E-state index in [2.05, 4.69) is 10.4 Å². The molecule has 6 heteroatoms. The standard InChI is InChI=1S/C12H19N3O3/c1-8(16)10(9-6-7-13-15(9)5)14-11(17)18-12(2,3)4/h6-7,10H,1-5H3,(H,14,17). The Bertz CT molecular complexity index is 446. The fourth-order valence-corrected chi connectivity index (χ4v) is 1.48. The number of ketones is 1. The molecule has 1 aromatic heterocycles. The third kappa shape index (κ3) is 3.87. The maximum absolute atomic E-state index is 11.7. The Hall–Kier alpha value is -1.85. The smallest absolute Gasteiger partial charge is 0.408 e. The van der Waals surface area contributed by atoms with Gasteiger partial charge in [0, 0.05) is 13.2 Å². The van der Waals surface area contributed by atoms with Gasteiger partial charge in [-0.15, -0.1) is 0 Å². The number of rotatable bonds is 3. The number of ether oxygens (including phenoxy) is 1. The van der Waals surface area contributed by atoms with Crippen LogP contribution in [0.5, 0.6) is 0 Å². The van der Waals surface area contributed by atoms with Crippen LogP contribution in [0, 0.1) is 0 Å². The Balaban J connectivity index is 2.80. The molecule has 1 rings (SSSR count).